The third kappa shape index (κ3) is 6.59. The number of hydrogen-bond acceptors (Lipinski definition) is 3. The van der Waals surface area contributed by atoms with E-state index >= 15 is 0 Å². The molecule has 1 aliphatic heterocycles. The van der Waals surface area contributed by atoms with Gasteiger partial charge in [0, 0.05) is 19.1 Å². The zero-order chi connectivity index (χ0) is 20.0. The Bertz CT molecular complexity index is 679. The van der Waals surface area contributed by atoms with Crippen LogP contribution in [0.1, 0.15) is 37.8 Å². The lowest BCUT2D eigenvalue weighted by Gasteiger charge is -2.35. The summed E-state index contributed by atoms with van der Waals surface area (Å²) in [6, 6.07) is 3.73. The van der Waals surface area contributed by atoms with Gasteiger partial charge in [-0.3, -0.25) is 9.89 Å². The third-order valence-electron chi connectivity index (χ3n) is 4.57. The van der Waals surface area contributed by atoms with Gasteiger partial charge in [0.2, 0.25) is 0 Å². The molecule has 1 aromatic carbocycles. The summed E-state index contributed by atoms with van der Waals surface area (Å²) in [6.07, 6.45) is -1.74. The van der Waals surface area contributed by atoms with E-state index in [9.17, 15) is 22.0 Å². The summed E-state index contributed by atoms with van der Waals surface area (Å²) in [6.45, 7) is 3.28. The smallest absolute Gasteiger partial charge is 0.309 e. The molecule has 0 spiro atoms. The number of alkyl halides is 3. The maximum absolute atomic E-state index is 13.4. The van der Waals surface area contributed by atoms with E-state index in [2.05, 4.69) is 15.3 Å². The molecule has 0 aromatic heterocycles. The van der Waals surface area contributed by atoms with E-state index in [0.29, 0.717) is 31.5 Å². The molecule has 2 rings (SSSR count). The first-order valence-corrected chi connectivity index (χ1v) is 8.66. The molecule has 1 saturated heterocycles. The maximum Gasteiger partial charge on any atom is 0.392 e. The maximum atomic E-state index is 13.4. The first kappa shape index (κ1) is 21.3. The highest BCUT2D eigenvalue weighted by molar-refractivity contribution is 5.92. The van der Waals surface area contributed by atoms with Gasteiger partial charge in [-0.1, -0.05) is 12.1 Å². The lowest BCUT2D eigenvalue weighted by molar-refractivity contribution is -0.125. The van der Waals surface area contributed by atoms with Crippen molar-refractivity contribution in [2.24, 2.45) is 10.8 Å². The van der Waals surface area contributed by atoms with Gasteiger partial charge in [-0.05, 0) is 43.5 Å². The van der Waals surface area contributed by atoms with Crippen LogP contribution < -0.4 is 11.3 Å². The summed E-state index contributed by atoms with van der Waals surface area (Å²) < 4.78 is 63.0. The van der Waals surface area contributed by atoms with Crippen LogP contribution in [0.15, 0.2) is 35.3 Å². The fraction of sp³-hybridized carbons (Fsp3) is 0.500. The van der Waals surface area contributed by atoms with Crippen LogP contribution in [0, 0.1) is 11.6 Å². The number of amidine groups is 1. The SMILES string of the molecule is CC(c1ccc(F)c(F)c1)N1CCC(N=C(/C=C\CC(F)(F)F)NN)CC1. The van der Waals surface area contributed by atoms with Crippen molar-refractivity contribution >= 4 is 5.84 Å². The third-order valence-corrected chi connectivity index (χ3v) is 4.57. The van der Waals surface area contributed by atoms with E-state index in [-0.39, 0.29) is 17.9 Å². The molecule has 27 heavy (non-hydrogen) atoms. The summed E-state index contributed by atoms with van der Waals surface area (Å²) >= 11 is 0. The highest BCUT2D eigenvalue weighted by Crippen LogP contribution is 2.26. The van der Waals surface area contributed by atoms with Crippen molar-refractivity contribution < 1.29 is 22.0 Å². The molecule has 0 aliphatic carbocycles. The minimum Gasteiger partial charge on any atom is -0.309 e. The number of hydrogen-bond donors (Lipinski definition) is 2. The van der Waals surface area contributed by atoms with Gasteiger partial charge < -0.3 is 5.43 Å². The van der Waals surface area contributed by atoms with Crippen LogP contribution in [0.5, 0.6) is 0 Å². The van der Waals surface area contributed by atoms with Crippen LogP contribution in [-0.2, 0) is 0 Å². The van der Waals surface area contributed by atoms with E-state index < -0.39 is 24.2 Å². The molecule has 1 heterocycles. The van der Waals surface area contributed by atoms with E-state index in [0.717, 1.165) is 12.1 Å². The van der Waals surface area contributed by atoms with Gasteiger partial charge in [0.25, 0.3) is 0 Å². The van der Waals surface area contributed by atoms with Gasteiger partial charge in [-0.2, -0.15) is 13.2 Å². The number of nitrogens with two attached hydrogens (primary N) is 1. The Balaban J connectivity index is 1.92. The van der Waals surface area contributed by atoms with Crippen LogP contribution in [0.3, 0.4) is 0 Å². The molecule has 0 radical (unpaired) electrons. The lowest BCUT2D eigenvalue weighted by Crippen LogP contribution is -2.38. The van der Waals surface area contributed by atoms with Gasteiger partial charge in [0.15, 0.2) is 11.6 Å². The van der Waals surface area contributed by atoms with Gasteiger partial charge in [-0.15, -0.1) is 0 Å². The van der Waals surface area contributed by atoms with Crippen molar-refractivity contribution in [2.75, 3.05) is 13.1 Å². The van der Waals surface area contributed by atoms with E-state index in [1.807, 2.05) is 6.92 Å². The van der Waals surface area contributed by atoms with Gasteiger partial charge in [0.1, 0.15) is 5.84 Å². The second-order valence-corrected chi connectivity index (χ2v) is 6.50. The van der Waals surface area contributed by atoms with Gasteiger partial charge in [-0.25, -0.2) is 14.6 Å². The highest BCUT2D eigenvalue weighted by atomic mass is 19.4. The number of benzene rings is 1. The molecule has 1 aromatic rings. The number of piperidine rings is 1. The number of rotatable bonds is 5. The highest BCUT2D eigenvalue weighted by Gasteiger charge is 2.25. The molecule has 0 saturated carbocycles. The standard InChI is InChI=1S/C18H23F5N4/c1-12(13-4-5-15(19)16(20)11-13)27-9-6-14(7-10-27)25-17(26-24)3-2-8-18(21,22)23/h2-5,11-12,14H,6-10,24H2,1H3,(H,25,26)/b3-2-. The van der Waals surface area contributed by atoms with Crippen molar-refractivity contribution in [3.05, 3.63) is 47.5 Å². The first-order valence-electron chi connectivity index (χ1n) is 8.66. The second kappa shape index (κ2) is 9.27. The summed E-state index contributed by atoms with van der Waals surface area (Å²) in [7, 11) is 0. The average Bonchev–Trinajstić information content (AvgIpc) is 2.62. The molecule has 3 N–H and O–H groups in total. The lowest BCUT2D eigenvalue weighted by atomic mass is 10.0. The average molecular weight is 390 g/mol. The zero-order valence-corrected chi connectivity index (χ0v) is 14.9. The van der Waals surface area contributed by atoms with Gasteiger partial charge >= 0.3 is 6.18 Å². The normalized spacial score (nSPS) is 18.9. The molecule has 1 unspecified atom stereocenters. The van der Waals surface area contributed by atoms with Crippen LogP contribution in [-0.4, -0.2) is 36.0 Å². The number of aliphatic imine (C=N–C) groups is 1. The molecular formula is C18H23F5N4. The predicted molar refractivity (Wildman–Crippen MR) is 93.9 cm³/mol. The molecule has 9 heteroatoms. The molecule has 4 nitrogen and oxygen atoms in total. The Labute approximate surface area is 154 Å². The second-order valence-electron chi connectivity index (χ2n) is 6.50. The molecule has 0 bridgehead atoms. The molecule has 150 valence electrons. The first-order chi connectivity index (χ1) is 12.7. The monoisotopic (exact) mass is 390 g/mol. The number of likely N-dealkylation sites (tertiary alicyclic amines) is 1. The number of nitrogens with zero attached hydrogens (tertiary/aromatic N) is 2. The van der Waals surface area contributed by atoms with E-state index in [4.69, 9.17) is 5.84 Å². The molecule has 1 atom stereocenters. The van der Waals surface area contributed by atoms with Crippen molar-refractivity contribution in [3.8, 4) is 0 Å². The van der Waals surface area contributed by atoms with E-state index in [1.165, 1.54) is 12.1 Å². The van der Waals surface area contributed by atoms with Crippen molar-refractivity contribution in [3.63, 3.8) is 0 Å². The summed E-state index contributed by atoms with van der Waals surface area (Å²) in [5.74, 6) is 3.78. The topological polar surface area (TPSA) is 53.6 Å². The Hall–Kier alpha value is -2.00. The minimum absolute atomic E-state index is 0.0695. The molecular weight excluding hydrogens is 367 g/mol. The Morgan fingerprint density at radius 2 is 1.96 bits per heavy atom. The number of nitrogens with one attached hydrogen (secondary N) is 1. The Kier molecular flexibility index (Phi) is 7.32. The quantitative estimate of drug-likeness (QED) is 0.264. The predicted octanol–water partition coefficient (Wildman–Crippen LogP) is 3.86. The zero-order valence-electron chi connectivity index (χ0n) is 14.9. The van der Waals surface area contributed by atoms with Crippen molar-refractivity contribution in [2.45, 2.75) is 44.4 Å². The van der Waals surface area contributed by atoms with Crippen LogP contribution in [0.4, 0.5) is 22.0 Å². The van der Waals surface area contributed by atoms with Crippen molar-refractivity contribution in [1.82, 2.24) is 10.3 Å². The fourth-order valence-corrected chi connectivity index (χ4v) is 3.01. The van der Waals surface area contributed by atoms with Crippen LogP contribution in [0.25, 0.3) is 0 Å². The number of hydrazine groups is 1. The van der Waals surface area contributed by atoms with Crippen LogP contribution in [0.2, 0.25) is 0 Å². The fourth-order valence-electron chi connectivity index (χ4n) is 3.01. The summed E-state index contributed by atoms with van der Waals surface area (Å²) in [5, 5.41) is 0. The Morgan fingerprint density at radius 1 is 1.30 bits per heavy atom. The van der Waals surface area contributed by atoms with E-state index in [1.54, 1.807) is 6.07 Å². The molecule has 1 aliphatic rings. The number of halogens is 5. The Morgan fingerprint density at radius 3 is 2.52 bits per heavy atom. The molecule has 1 fully saturated rings. The van der Waals surface area contributed by atoms with Crippen LogP contribution >= 0.6 is 0 Å². The van der Waals surface area contributed by atoms with Gasteiger partial charge in [0.05, 0.1) is 12.5 Å². The molecule has 0 amide bonds. The number of allylic oxidation sites excluding steroid dienone is 1. The summed E-state index contributed by atoms with van der Waals surface area (Å²) in [5.41, 5.74) is 3.00. The summed E-state index contributed by atoms with van der Waals surface area (Å²) in [4.78, 5) is 6.49. The minimum atomic E-state index is -4.27. The van der Waals surface area contributed by atoms with Crippen molar-refractivity contribution in [1.29, 1.82) is 0 Å². The largest absolute Gasteiger partial charge is 0.392 e.